The molecule has 112 valence electrons. The van der Waals surface area contributed by atoms with Crippen molar-refractivity contribution in [2.75, 3.05) is 7.05 Å². The maximum atomic E-state index is 13.7. The Bertz CT molecular complexity index is 632. The zero-order valence-corrected chi connectivity index (χ0v) is 13.0. The van der Waals surface area contributed by atoms with Crippen molar-refractivity contribution in [2.45, 2.75) is 18.9 Å². The zero-order chi connectivity index (χ0) is 15.4. The fourth-order valence-electron chi connectivity index (χ4n) is 2.20. The van der Waals surface area contributed by atoms with E-state index in [0.717, 1.165) is 11.6 Å². The molecule has 0 heterocycles. The molecule has 1 unspecified atom stereocenters. The molecule has 0 aliphatic heterocycles. The fourth-order valence-corrected chi connectivity index (χ4v) is 2.52. The Balaban J connectivity index is 2.13. The second-order valence-electron chi connectivity index (χ2n) is 4.86. The lowest BCUT2D eigenvalue weighted by atomic mass is 9.98. The van der Waals surface area contributed by atoms with Crippen LogP contribution in [0.4, 0.5) is 8.78 Å². The Morgan fingerprint density at radius 3 is 2.48 bits per heavy atom. The topological polar surface area (TPSA) is 12.0 Å². The second kappa shape index (κ2) is 7.21. The minimum Gasteiger partial charge on any atom is -0.316 e. The highest BCUT2D eigenvalue weighted by Gasteiger charge is 2.14. The number of halogens is 4. The average Bonchev–Trinajstić information content (AvgIpc) is 2.47. The van der Waals surface area contributed by atoms with E-state index in [1.54, 1.807) is 25.2 Å². The molecule has 0 fully saturated rings. The molecule has 0 spiro atoms. The lowest BCUT2D eigenvalue weighted by Crippen LogP contribution is -2.30. The molecule has 5 heteroatoms. The highest BCUT2D eigenvalue weighted by Crippen LogP contribution is 2.23. The van der Waals surface area contributed by atoms with Crippen molar-refractivity contribution in [1.29, 1.82) is 0 Å². The normalized spacial score (nSPS) is 12.4. The molecule has 0 aliphatic carbocycles. The summed E-state index contributed by atoms with van der Waals surface area (Å²) in [6.45, 7) is 0. The van der Waals surface area contributed by atoms with E-state index in [-0.39, 0.29) is 6.04 Å². The molecule has 0 aromatic heterocycles. The van der Waals surface area contributed by atoms with Gasteiger partial charge in [0.1, 0.15) is 0 Å². The zero-order valence-electron chi connectivity index (χ0n) is 11.5. The minimum absolute atomic E-state index is 0.0291. The van der Waals surface area contributed by atoms with Crippen LogP contribution in [0.1, 0.15) is 11.1 Å². The van der Waals surface area contributed by atoms with Gasteiger partial charge >= 0.3 is 0 Å². The van der Waals surface area contributed by atoms with Crippen LogP contribution in [-0.2, 0) is 12.8 Å². The van der Waals surface area contributed by atoms with Crippen molar-refractivity contribution in [3.8, 4) is 0 Å². The minimum atomic E-state index is -0.822. The van der Waals surface area contributed by atoms with Crippen molar-refractivity contribution in [1.82, 2.24) is 5.32 Å². The number of hydrogen-bond donors (Lipinski definition) is 1. The number of rotatable bonds is 5. The number of benzene rings is 2. The first-order valence-corrected chi connectivity index (χ1v) is 7.31. The third kappa shape index (κ3) is 4.16. The van der Waals surface area contributed by atoms with Crippen molar-refractivity contribution in [3.63, 3.8) is 0 Å². The summed E-state index contributed by atoms with van der Waals surface area (Å²) in [6.07, 6.45) is 1.03. The third-order valence-electron chi connectivity index (χ3n) is 3.37. The van der Waals surface area contributed by atoms with Crippen LogP contribution in [0.2, 0.25) is 10.0 Å². The molecule has 0 amide bonds. The Morgan fingerprint density at radius 2 is 1.81 bits per heavy atom. The SMILES string of the molecule is CNC(Cc1ccc(Cl)c(Cl)c1)Cc1cccc(F)c1F. The summed E-state index contributed by atoms with van der Waals surface area (Å²) in [5.74, 6) is -1.61. The smallest absolute Gasteiger partial charge is 0.162 e. The van der Waals surface area contributed by atoms with Crippen molar-refractivity contribution in [3.05, 3.63) is 69.2 Å². The van der Waals surface area contributed by atoms with Gasteiger partial charge in [0.25, 0.3) is 0 Å². The van der Waals surface area contributed by atoms with Crippen molar-refractivity contribution >= 4 is 23.2 Å². The molecule has 2 aromatic rings. The van der Waals surface area contributed by atoms with Gasteiger partial charge in [0.15, 0.2) is 11.6 Å². The van der Waals surface area contributed by atoms with Gasteiger partial charge in [0.2, 0.25) is 0 Å². The van der Waals surface area contributed by atoms with Gasteiger partial charge < -0.3 is 5.32 Å². The average molecular weight is 330 g/mol. The van der Waals surface area contributed by atoms with E-state index in [9.17, 15) is 8.78 Å². The highest BCUT2D eigenvalue weighted by atomic mass is 35.5. The molecule has 1 atom stereocenters. The standard InChI is InChI=1S/C16H15Cl2F2N/c1-21-12(7-10-5-6-13(17)14(18)8-10)9-11-3-2-4-15(19)16(11)20/h2-6,8,12,21H,7,9H2,1H3. The van der Waals surface area contributed by atoms with E-state index in [0.29, 0.717) is 28.5 Å². The molecular weight excluding hydrogens is 315 g/mol. The van der Waals surface area contributed by atoms with Crippen molar-refractivity contribution in [2.24, 2.45) is 0 Å². The van der Waals surface area contributed by atoms with Gasteiger partial charge in [-0.25, -0.2) is 8.78 Å². The van der Waals surface area contributed by atoms with Crippen LogP contribution < -0.4 is 5.32 Å². The summed E-state index contributed by atoms with van der Waals surface area (Å²) >= 11 is 11.9. The van der Waals surface area contributed by atoms with E-state index in [4.69, 9.17) is 23.2 Å². The van der Waals surface area contributed by atoms with E-state index in [2.05, 4.69) is 5.32 Å². The molecule has 0 aliphatic rings. The molecule has 1 nitrogen and oxygen atoms in total. The van der Waals surface area contributed by atoms with Crippen LogP contribution in [0, 0.1) is 11.6 Å². The number of likely N-dealkylation sites (N-methyl/N-ethyl adjacent to an activating group) is 1. The predicted molar refractivity (Wildman–Crippen MR) is 83.1 cm³/mol. The number of hydrogen-bond acceptors (Lipinski definition) is 1. The maximum absolute atomic E-state index is 13.7. The highest BCUT2D eigenvalue weighted by molar-refractivity contribution is 6.42. The monoisotopic (exact) mass is 329 g/mol. The van der Waals surface area contributed by atoms with Gasteiger partial charge in [0.05, 0.1) is 10.0 Å². The first-order chi connectivity index (χ1) is 10.0. The van der Waals surface area contributed by atoms with Gasteiger partial charge in [-0.05, 0) is 49.2 Å². The Hall–Kier alpha value is -1.16. The van der Waals surface area contributed by atoms with Crippen LogP contribution in [0.15, 0.2) is 36.4 Å². The Kier molecular flexibility index (Phi) is 5.57. The number of nitrogens with one attached hydrogen (secondary N) is 1. The second-order valence-corrected chi connectivity index (χ2v) is 5.67. The summed E-state index contributed by atoms with van der Waals surface area (Å²) in [4.78, 5) is 0. The molecule has 0 saturated heterocycles. The first-order valence-electron chi connectivity index (χ1n) is 6.55. The quantitative estimate of drug-likeness (QED) is 0.842. The molecule has 0 bridgehead atoms. The summed E-state index contributed by atoms with van der Waals surface area (Å²) < 4.78 is 26.9. The van der Waals surface area contributed by atoms with Gasteiger partial charge in [-0.1, -0.05) is 41.4 Å². The predicted octanol–water partition coefficient (Wildman–Crippen LogP) is 4.64. The molecule has 0 radical (unpaired) electrons. The molecule has 21 heavy (non-hydrogen) atoms. The van der Waals surface area contributed by atoms with Crippen molar-refractivity contribution < 1.29 is 8.78 Å². The van der Waals surface area contributed by atoms with Crippen LogP contribution in [0.3, 0.4) is 0 Å². The molecule has 2 rings (SSSR count). The Labute approximate surface area is 132 Å². The lowest BCUT2D eigenvalue weighted by Gasteiger charge is -2.17. The van der Waals surface area contributed by atoms with Crippen LogP contribution in [-0.4, -0.2) is 13.1 Å². The summed E-state index contributed by atoms with van der Waals surface area (Å²) in [7, 11) is 1.79. The molecular formula is C16H15Cl2F2N. The first kappa shape index (κ1) is 16.2. The largest absolute Gasteiger partial charge is 0.316 e. The maximum Gasteiger partial charge on any atom is 0.162 e. The van der Waals surface area contributed by atoms with Crippen LogP contribution >= 0.6 is 23.2 Å². The molecule has 0 saturated carbocycles. The van der Waals surface area contributed by atoms with E-state index < -0.39 is 11.6 Å². The summed E-state index contributed by atoms with van der Waals surface area (Å²) in [5, 5.41) is 4.10. The van der Waals surface area contributed by atoms with Gasteiger partial charge in [-0.15, -0.1) is 0 Å². The van der Waals surface area contributed by atoms with E-state index in [1.165, 1.54) is 6.07 Å². The van der Waals surface area contributed by atoms with Gasteiger partial charge in [0, 0.05) is 6.04 Å². The molecule has 1 N–H and O–H groups in total. The van der Waals surface area contributed by atoms with E-state index >= 15 is 0 Å². The third-order valence-corrected chi connectivity index (χ3v) is 4.11. The molecule has 2 aromatic carbocycles. The van der Waals surface area contributed by atoms with Gasteiger partial charge in [-0.3, -0.25) is 0 Å². The van der Waals surface area contributed by atoms with Crippen LogP contribution in [0.25, 0.3) is 0 Å². The van der Waals surface area contributed by atoms with Crippen LogP contribution in [0.5, 0.6) is 0 Å². The lowest BCUT2D eigenvalue weighted by molar-refractivity contribution is 0.482. The van der Waals surface area contributed by atoms with Gasteiger partial charge in [-0.2, -0.15) is 0 Å². The summed E-state index contributed by atoms with van der Waals surface area (Å²) in [5.41, 5.74) is 1.34. The summed E-state index contributed by atoms with van der Waals surface area (Å²) in [6, 6.07) is 9.59. The fraction of sp³-hybridized carbons (Fsp3) is 0.250. The Morgan fingerprint density at radius 1 is 1.05 bits per heavy atom. The van der Waals surface area contributed by atoms with E-state index in [1.807, 2.05) is 6.07 Å².